The molecule has 200 valence electrons. The molecule has 1 fully saturated rings. The predicted molar refractivity (Wildman–Crippen MR) is 137 cm³/mol. The molecule has 37 heavy (non-hydrogen) atoms. The van der Waals surface area contributed by atoms with Crippen LogP contribution in [0.4, 0.5) is 13.2 Å². The van der Waals surface area contributed by atoms with Crippen LogP contribution in [0, 0.1) is 5.92 Å². The van der Waals surface area contributed by atoms with Crippen LogP contribution in [0.3, 0.4) is 0 Å². The van der Waals surface area contributed by atoms with E-state index in [-0.39, 0.29) is 10.8 Å². The predicted octanol–water partition coefficient (Wildman–Crippen LogP) is 6.72. The van der Waals surface area contributed by atoms with E-state index in [0.717, 1.165) is 44.5 Å². The number of alkyl halides is 3. The van der Waals surface area contributed by atoms with Crippen molar-refractivity contribution in [3.05, 3.63) is 73.6 Å². The normalized spacial score (nSPS) is 15.2. The van der Waals surface area contributed by atoms with E-state index in [4.69, 9.17) is 39.5 Å². The molecule has 2 aromatic carbocycles. The maximum Gasteiger partial charge on any atom is 0.573 e. The van der Waals surface area contributed by atoms with Gasteiger partial charge in [-0.15, -0.1) is 13.2 Å². The van der Waals surface area contributed by atoms with Crippen LogP contribution in [0.2, 0.25) is 15.1 Å². The fourth-order valence-corrected chi connectivity index (χ4v) is 4.97. The highest BCUT2D eigenvalue weighted by molar-refractivity contribution is 6.42. The molecule has 2 heterocycles. The molecule has 0 saturated carbocycles. The van der Waals surface area contributed by atoms with Gasteiger partial charge in [-0.1, -0.05) is 34.8 Å². The average Bonchev–Trinajstić information content (AvgIpc) is 3.05. The van der Waals surface area contributed by atoms with Crippen molar-refractivity contribution in [2.24, 2.45) is 13.0 Å². The van der Waals surface area contributed by atoms with Crippen molar-refractivity contribution in [3.8, 4) is 17.2 Å². The summed E-state index contributed by atoms with van der Waals surface area (Å²) < 4.78 is 50.0. The molecule has 1 aliphatic heterocycles. The molecule has 4 rings (SSSR count). The molecule has 0 bridgehead atoms. The number of hydrogen-bond donors (Lipinski definition) is 0. The van der Waals surface area contributed by atoms with E-state index in [1.807, 2.05) is 0 Å². The summed E-state index contributed by atoms with van der Waals surface area (Å²) in [6, 6.07) is 10.3. The summed E-state index contributed by atoms with van der Waals surface area (Å²) >= 11 is 18.4. The van der Waals surface area contributed by atoms with Gasteiger partial charge in [0.25, 0.3) is 5.56 Å². The third kappa shape index (κ3) is 6.96. The highest BCUT2D eigenvalue weighted by Crippen LogP contribution is 2.28. The van der Waals surface area contributed by atoms with Crippen molar-refractivity contribution in [1.82, 2.24) is 14.3 Å². The first-order valence-electron chi connectivity index (χ1n) is 11.6. The molecule has 6 nitrogen and oxygen atoms in total. The Balaban J connectivity index is 1.33. The van der Waals surface area contributed by atoms with Crippen molar-refractivity contribution in [2.45, 2.75) is 32.2 Å². The lowest BCUT2D eigenvalue weighted by atomic mass is 9.94. The van der Waals surface area contributed by atoms with E-state index in [2.05, 4.69) is 9.64 Å². The monoisotopic (exact) mass is 577 g/mol. The fraction of sp³-hybridized carbons (Fsp3) is 0.400. The highest BCUT2D eigenvalue weighted by Gasteiger charge is 2.31. The number of rotatable bonds is 8. The third-order valence-electron chi connectivity index (χ3n) is 6.41. The number of nitrogens with zero attached hydrogens (tertiary/aromatic N) is 3. The lowest BCUT2D eigenvalue weighted by molar-refractivity contribution is -0.274. The molecule has 0 unspecified atom stereocenters. The fourth-order valence-electron chi connectivity index (χ4n) is 4.42. The molecule has 0 atom stereocenters. The van der Waals surface area contributed by atoms with Crippen molar-refractivity contribution in [2.75, 3.05) is 19.7 Å². The smallest absolute Gasteiger partial charge is 0.494 e. The number of aromatic nitrogens is 2. The number of benzene rings is 2. The van der Waals surface area contributed by atoms with Gasteiger partial charge in [-0.3, -0.25) is 14.4 Å². The van der Waals surface area contributed by atoms with Gasteiger partial charge in [-0.2, -0.15) is 0 Å². The van der Waals surface area contributed by atoms with E-state index in [9.17, 15) is 18.0 Å². The lowest BCUT2D eigenvalue weighted by Crippen LogP contribution is -2.34. The minimum absolute atomic E-state index is 0.0928. The van der Waals surface area contributed by atoms with Gasteiger partial charge in [0.2, 0.25) is 0 Å². The molecule has 1 aliphatic rings. The summed E-state index contributed by atoms with van der Waals surface area (Å²) in [5.74, 6) is 0.838. The largest absolute Gasteiger partial charge is 0.573 e. The van der Waals surface area contributed by atoms with Crippen LogP contribution in [0.15, 0.2) is 47.3 Å². The van der Waals surface area contributed by atoms with Crippen molar-refractivity contribution >= 4 is 34.8 Å². The Hall–Kier alpha value is -2.33. The Morgan fingerprint density at radius 2 is 1.62 bits per heavy atom. The molecule has 3 aromatic rings. The molecule has 0 N–H and O–H groups in total. The maximum absolute atomic E-state index is 12.8. The summed E-state index contributed by atoms with van der Waals surface area (Å²) in [4.78, 5) is 15.1. The molecular weight excluding hydrogens is 554 g/mol. The van der Waals surface area contributed by atoms with Crippen LogP contribution in [0.1, 0.15) is 25.0 Å². The standard InChI is InChI=1S/C25H25Cl3F3N3O3/c1-32-22(23(28)24(35)34(32)17-2-4-18(5-3-17)37-25(29,30)31)15-33-11-8-16(9-12-33)10-13-36-19-6-7-20(26)21(27)14-19/h2-7,14,16H,8-13,15H2,1H3. The molecule has 0 amide bonds. The molecule has 12 heteroatoms. The minimum Gasteiger partial charge on any atom is -0.494 e. The second kappa shape index (κ2) is 11.6. The quantitative estimate of drug-likeness (QED) is 0.298. The van der Waals surface area contributed by atoms with Gasteiger partial charge >= 0.3 is 6.36 Å². The summed E-state index contributed by atoms with van der Waals surface area (Å²) in [7, 11) is 1.70. The lowest BCUT2D eigenvalue weighted by Gasteiger charge is -2.32. The first-order valence-corrected chi connectivity index (χ1v) is 12.8. The van der Waals surface area contributed by atoms with Crippen LogP contribution in [0.5, 0.6) is 11.5 Å². The molecular formula is C25H25Cl3F3N3O3. The Morgan fingerprint density at radius 1 is 0.973 bits per heavy atom. The van der Waals surface area contributed by atoms with Crippen LogP contribution in [-0.2, 0) is 13.6 Å². The van der Waals surface area contributed by atoms with Crippen LogP contribution in [-0.4, -0.2) is 40.3 Å². The van der Waals surface area contributed by atoms with Crippen molar-refractivity contribution in [1.29, 1.82) is 0 Å². The topological polar surface area (TPSA) is 48.6 Å². The van der Waals surface area contributed by atoms with Crippen molar-refractivity contribution in [3.63, 3.8) is 0 Å². The van der Waals surface area contributed by atoms with Gasteiger partial charge in [0.15, 0.2) is 0 Å². The molecule has 1 aromatic heterocycles. The zero-order valence-electron chi connectivity index (χ0n) is 19.9. The molecule has 0 spiro atoms. The van der Waals surface area contributed by atoms with E-state index in [0.29, 0.717) is 46.2 Å². The van der Waals surface area contributed by atoms with E-state index in [1.54, 1.807) is 29.9 Å². The van der Waals surface area contributed by atoms with Gasteiger partial charge in [0.1, 0.15) is 16.5 Å². The molecule has 1 saturated heterocycles. The second-order valence-electron chi connectivity index (χ2n) is 8.88. The SMILES string of the molecule is Cn1c(CN2CCC(CCOc3ccc(Cl)c(Cl)c3)CC2)c(Cl)c(=O)n1-c1ccc(OC(F)(F)F)cc1. The third-order valence-corrected chi connectivity index (χ3v) is 7.52. The first-order chi connectivity index (χ1) is 17.5. The van der Waals surface area contributed by atoms with Gasteiger partial charge in [0, 0.05) is 19.7 Å². The average molecular weight is 579 g/mol. The van der Waals surface area contributed by atoms with E-state index in [1.165, 1.54) is 16.8 Å². The maximum atomic E-state index is 12.8. The minimum atomic E-state index is -4.79. The Bertz CT molecular complexity index is 1280. The highest BCUT2D eigenvalue weighted by atomic mass is 35.5. The zero-order valence-corrected chi connectivity index (χ0v) is 22.2. The molecule has 0 aliphatic carbocycles. The summed E-state index contributed by atoms with van der Waals surface area (Å²) in [6.45, 7) is 2.76. The summed E-state index contributed by atoms with van der Waals surface area (Å²) in [5.41, 5.74) is 0.595. The van der Waals surface area contributed by atoms with Crippen molar-refractivity contribution < 1.29 is 22.6 Å². The Labute approximate surface area is 227 Å². The number of hydrogen-bond acceptors (Lipinski definition) is 4. The van der Waals surface area contributed by atoms with E-state index >= 15 is 0 Å². The van der Waals surface area contributed by atoms with Gasteiger partial charge in [0.05, 0.1) is 28.0 Å². The second-order valence-corrected chi connectivity index (χ2v) is 10.1. The van der Waals surface area contributed by atoms with Gasteiger partial charge < -0.3 is 9.47 Å². The molecule has 0 radical (unpaired) electrons. The number of piperidine rings is 1. The Kier molecular flexibility index (Phi) is 8.68. The summed E-state index contributed by atoms with van der Waals surface area (Å²) in [6.07, 6.45) is -1.90. The Morgan fingerprint density at radius 3 is 2.24 bits per heavy atom. The number of likely N-dealkylation sites (tertiary alicyclic amines) is 1. The van der Waals surface area contributed by atoms with Crippen LogP contribution in [0.25, 0.3) is 5.69 Å². The van der Waals surface area contributed by atoms with Crippen LogP contribution < -0.4 is 15.0 Å². The van der Waals surface area contributed by atoms with Crippen LogP contribution >= 0.6 is 34.8 Å². The number of ether oxygens (including phenoxy) is 2. The van der Waals surface area contributed by atoms with Gasteiger partial charge in [-0.05, 0) is 74.7 Å². The summed E-state index contributed by atoms with van der Waals surface area (Å²) in [5, 5.41) is 1.04. The zero-order chi connectivity index (χ0) is 26.7. The first kappa shape index (κ1) is 27.7. The number of halogens is 6. The van der Waals surface area contributed by atoms with Gasteiger partial charge in [-0.25, -0.2) is 4.68 Å². The van der Waals surface area contributed by atoms with E-state index < -0.39 is 11.9 Å².